The number of halogens is 1. The fraction of sp³-hybridized carbons (Fsp3) is 0.632. The second-order valence-corrected chi connectivity index (χ2v) is 6.25. The highest BCUT2D eigenvalue weighted by molar-refractivity contribution is 14.0. The first kappa shape index (κ1) is 23.0. The molecule has 1 aliphatic rings. The summed E-state index contributed by atoms with van der Waals surface area (Å²) in [5.74, 6) is 1.73. The van der Waals surface area contributed by atoms with Gasteiger partial charge in [-0.15, -0.1) is 24.0 Å². The van der Waals surface area contributed by atoms with Gasteiger partial charge in [0.2, 0.25) is 0 Å². The van der Waals surface area contributed by atoms with Gasteiger partial charge in [-0.25, -0.2) is 4.99 Å². The first-order chi connectivity index (χ1) is 12.3. The van der Waals surface area contributed by atoms with Gasteiger partial charge in [-0.2, -0.15) is 0 Å². The molecule has 1 unspecified atom stereocenters. The number of rotatable bonds is 9. The quantitative estimate of drug-likeness (QED) is 0.326. The van der Waals surface area contributed by atoms with Crippen LogP contribution in [-0.4, -0.2) is 63.9 Å². The Labute approximate surface area is 174 Å². The van der Waals surface area contributed by atoms with E-state index in [9.17, 15) is 0 Å². The van der Waals surface area contributed by atoms with Crippen molar-refractivity contribution in [1.29, 1.82) is 0 Å². The van der Waals surface area contributed by atoms with Gasteiger partial charge < -0.3 is 20.1 Å². The SMILES string of the molecule is CCNC(=NCc1cccc(OC)c1)NCC1CCCN1CCOC.I. The zero-order valence-electron chi connectivity index (χ0n) is 16.2. The van der Waals surface area contributed by atoms with Gasteiger partial charge in [-0.05, 0) is 44.0 Å². The summed E-state index contributed by atoms with van der Waals surface area (Å²) < 4.78 is 10.5. The van der Waals surface area contributed by atoms with E-state index in [0.717, 1.165) is 50.1 Å². The van der Waals surface area contributed by atoms with E-state index >= 15 is 0 Å². The van der Waals surface area contributed by atoms with E-state index < -0.39 is 0 Å². The molecule has 1 aliphatic heterocycles. The van der Waals surface area contributed by atoms with Crippen LogP contribution in [0.5, 0.6) is 5.75 Å². The van der Waals surface area contributed by atoms with Crippen LogP contribution < -0.4 is 15.4 Å². The van der Waals surface area contributed by atoms with Crippen LogP contribution in [0.15, 0.2) is 29.3 Å². The van der Waals surface area contributed by atoms with E-state index in [1.54, 1.807) is 14.2 Å². The van der Waals surface area contributed by atoms with Crippen molar-refractivity contribution < 1.29 is 9.47 Å². The topological polar surface area (TPSA) is 58.1 Å². The highest BCUT2D eigenvalue weighted by atomic mass is 127. The largest absolute Gasteiger partial charge is 0.497 e. The van der Waals surface area contributed by atoms with Crippen LogP contribution in [0.2, 0.25) is 0 Å². The number of nitrogens with zero attached hydrogens (tertiary/aromatic N) is 2. The molecule has 1 saturated heterocycles. The second-order valence-electron chi connectivity index (χ2n) is 6.25. The molecule has 0 aromatic heterocycles. The first-order valence-electron chi connectivity index (χ1n) is 9.15. The van der Waals surface area contributed by atoms with Gasteiger partial charge in [0.25, 0.3) is 0 Å². The minimum absolute atomic E-state index is 0. The van der Waals surface area contributed by atoms with Gasteiger partial charge >= 0.3 is 0 Å². The molecular weight excluding hydrogens is 443 g/mol. The average molecular weight is 476 g/mol. The lowest BCUT2D eigenvalue weighted by atomic mass is 10.2. The first-order valence-corrected chi connectivity index (χ1v) is 9.15. The molecule has 0 saturated carbocycles. The molecule has 2 rings (SSSR count). The Hall–Kier alpha value is -1.06. The van der Waals surface area contributed by atoms with Crippen molar-refractivity contribution in [2.45, 2.75) is 32.4 Å². The van der Waals surface area contributed by atoms with Gasteiger partial charge in [0.15, 0.2) is 5.96 Å². The Morgan fingerprint density at radius 3 is 2.88 bits per heavy atom. The Balaban J connectivity index is 0.00000338. The van der Waals surface area contributed by atoms with E-state index in [1.165, 1.54) is 12.8 Å². The lowest BCUT2D eigenvalue weighted by Crippen LogP contribution is -2.45. The molecule has 0 aliphatic carbocycles. The Morgan fingerprint density at radius 2 is 2.15 bits per heavy atom. The van der Waals surface area contributed by atoms with Crippen molar-refractivity contribution in [3.05, 3.63) is 29.8 Å². The number of guanidine groups is 1. The van der Waals surface area contributed by atoms with Gasteiger partial charge in [-0.1, -0.05) is 12.1 Å². The monoisotopic (exact) mass is 476 g/mol. The van der Waals surface area contributed by atoms with Gasteiger partial charge in [0.1, 0.15) is 5.75 Å². The zero-order chi connectivity index (χ0) is 17.9. The maximum Gasteiger partial charge on any atom is 0.191 e. The molecular formula is C19H33IN4O2. The van der Waals surface area contributed by atoms with E-state index in [-0.39, 0.29) is 24.0 Å². The smallest absolute Gasteiger partial charge is 0.191 e. The summed E-state index contributed by atoms with van der Waals surface area (Å²) in [6.07, 6.45) is 2.49. The molecule has 2 N–H and O–H groups in total. The second kappa shape index (κ2) is 13.2. The molecule has 6 nitrogen and oxygen atoms in total. The Morgan fingerprint density at radius 1 is 1.31 bits per heavy atom. The van der Waals surface area contributed by atoms with Crippen molar-refractivity contribution in [2.24, 2.45) is 4.99 Å². The minimum Gasteiger partial charge on any atom is -0.497 e. The molecule has 1 fully saturated rings. The molecule has 7 heteroatoms. The van der Waals surface area contributed by atoms with Crippen LogP contribution in [0.3, 0.4) is 0 Å². The van der Waals surface area contributed by atoms with Crippen LogP contribution in [0, 0.1) is 0 Å². The average Bonchev–Trinajstić information content (AvgIpc) is 3.09. The molecule has 0 radical (unpaired) electrons. The third-order valence-electron chi connectivity index (χ3n) is 4.48. The van der Waals surface area contributed by atoms with Gasteiger partial charge in [-0.3, -0.25) is 4.90 Å². The number of likely N-dealkylation sites (tertiary alicyclic amines) is 1. The highest BCUT2D eigenvalue weighted by Gasteiger charge is 2.23. The summed E-state index contributed by atoms with van der Waals surface area (Å²) in [6.45, 7) is 7.43. The molecule has 0 bridgehead atoms. The summed E-state index contributed by atoms with van der Waals surface area (Å²) in [4.78, 5) is 7.21. The standard InChI is InChI=1S/C19H32N4O2.HI/c1-4-20-19(21-14-16-7-5-9-18(13-16)25-3)22-15-17-8-6-10-23(17)11-12-24-2;/h5,7,9,13,17H,4,6,8,10-12,14-15H2,1-3H3,(H2,20,21,22);1H. The predicted octanol–water partition coefficient (Wildman–Crippen LogP) is 2.48. The molecule has 1 aromatic rings. The third-order valence-corrected chi connectivity index (χ3v) is 4.48. The number of hydrogen-bond acceptors (Lipinski definition) is 4. The van der Waals surface area contributed by atoms with E-state index in [4.69, 9.17) is 14.5 Å². The van der Waals surface area contributed by atoms with Crippen molar-refractivity contribution >= 4 is 29.9 Å². The summed E-state index contributed by atoms with van der Waals surface area (Å²) >= 11 is 0. The lowest BCUT2D eigenvalue weighted by Gasteiger charge is -2.25. The number of ether oxygens (including phenoxy) is 2. The number of aliphatic imine (C=N–C) groups is 1. The third kappa shape index (κ3) is 7.67. The minimum atomic E-state index is 0. The summed E-state index contributed by atoms with van der Waals surface area (Å²) in [5, 5.41) is 6.82. The molecule has 0 spiro atoms. The van der Waals surface area contributed by atoms with Crippen LogP contribution in [-0.2, 0) is 11.3 Å². The molecule has 0 amide bonds. The molecule has 1 atom stereocenters. The number of methoxy groups -OCH3 is 2. The summed E-state index contributed by atoms with van der Waals surface area (Å²) in [7, 11) is 3.45. The number of benzene rings is 1. The van der Waals surface area contributed by atoms with E-state index in [1.807, 2.05) is 18.2 Å². The van der Waals surface area contributed by atoms with Crippen molar-refractivity contribution in [3.63, 3.8) is 0 Å². The fourth-order valence-electron chi connectivity index (χ4n) is 3.13. The number of nitrogens with one attached hydrogen (secondary N) is 2. The maximum absolute atomic E-state index is 5.27. The molecule has 1 heterocycles. The normalized spacial score (nSPS) is 17.7. The zero-order valence-corrected chi connectivity index (χ0v) is 18.5. The summed E-state index contributed by atoms with van der Waals surface area (Å²) in [5.41, 5.74) is 1.14. The van der Waals surface area contributed by atoms with Crippen LogP contribution in [0.1, 0.15) is 25.3 Å². The van der Waals surface area contributed by atoms with Crippen molar-refractivity contribution in [2.75, 3.05) is 47.0 Å². The Bertz CT molecular complexity index is 542. The summed E-state index contributed by atoms with van der Waals surface area (Å²) in [6, 6.07) is 8.59. The van der Waals surface area contributed by atoms with Crippen LogP contribution in [0.25, 0.3) is 0 Å². The molecule has 26 heavy (non-hydrogen) atoms. The van der Waals surface area contributed by atoms with Crippen molar-refractivity contribution in [1.82, 2.24) is 15.5 Å². The van der Waals surface area contributed by atoms with Crippen LogP contribution >= 0.6 is 24.0 Å². The predicted molar refractivity (Wildman–Crippen MR) is 118 cm³/mol. The van der Waals surface area contributed by atoms with Crippen molar-refractivity contribution in [3.8, 4) is 5.75 Å². The number of hydrogen-bond donors (Lipinski definition) is 2. The lowest BCUT2D eigenvalue weighted by molar-refractivity contribution is 0.141. The Kier molecular flexibility index (Phi) is 11.6. The van der Waals surface area contributed by atoms with E-state index in [0.29, 0.717) is 12.6 Å². The molecule has 148 valence electrons. The maximum atomic E-state index is 5.27. The van der Waals surface area contributed by atoms with Gasteiger partial charge in [0.05, 0.1) is 20.3 Å². The fourth-order valence-corrected chi connectivity index (χ4v) is 3.13. The van der Waals surface area contributed by atoms with Gasteiger partial charge in [0, 0.05) is 32.8 Å². The van der Waals surface area contributed by atoms with Crippen LogP contribution in [0.4, 0.5) is 0 Å². The highest BCUT2D eigenvalue weighted by Crippen LogP contribution is 2.16. The molecule has 1 aromatic carbocycles. The van der Waals surface area contributed by atoms with E-state index in [2.05, 4.69) is 28.5 Å².